The van der Waals surface area contributed by atoms with Crippen LogP contribution < -0.4 is 0 Å². The van der Waals surface area contributed by atoms with Gasteiger partial charge in [-0.25, -0.2) is 0 Å². The highest BCUT2D eigenvalue weighted by Crippen LogP contribution is 2.72. The lowest BCUT2D eigenvalue weighted by Gasteiger charge is -2.60. The molecule has 4 aliphatic carbocycles. The molecule has 0 aromatic heterocycles. The largest absolute Gasteiger partial charge is 0.394 e. The van der Waals surface area contributed by atoms with Crippen LogP contribution in [0.15, 0.2) is 11.6 Å². The highest BCUT2D eigenvalue weighted by atomic mass is 16.8. The van der Waals surface area contributed by atoms with Gasteiger partial charge in [0.25, 0.3) is 0 Å². The van der Waals surface area contributed by atoms with Gasteiger partial charge in [-0.05, 0) is 94.3 Å². The Morgan fingerprint density at radius 2 is 1.32 bits per heavy atom. The van der Waals surface area contributed by atoms with Crippen LogP contribution in [0, 0.1) is 40.4 Å². The summed E-state index contributed by atoms with van der Waals surface area (Å²) in [5.74, 6) is 0.745. The zero-order chi connectivity index (χ0) is 44.4. The smallest absolute Gasteiger partial charge is 0.187 e. The quantitative estimate of drug-likeness (QED) is 0.157. The van der Waals surface area contributed by atoms with Gasteiger partial charge in [0.1, 0.15) is 66.6 Å². The van der Waals surface area contributed by atoms with E-state index in [1.165, 1.54) is 19.4 Å². The van der Waals surface area contributed by atoms with Gasteiger partial charge in [-0.2, -0.15) is 0 Å². The second kappa shape index (κ2) is 16.7. The van der Waals surface area contributed by atoms with Crippen molar-refractivity contribution in [2.24, 2.45) is 40.4 Å². The van der Waals surface area contributed by atoms with E-state index in [1.54, 1.807) is 0 Å². The first-order valence-corrected chi connectivity index (χ1v) is 23.3. The van der Waals surface area contributed by atoms with Crippen molar-refractivity contribution >= 4 is 0 Å². The van der Waals surface area contributed by atoms with E-state index in [4.69, 9.17) is 37.9 Å². The van der Waals surface area contributed by atoms with E-state index in [0.717, 1.165) is 51.4 Å². The van der Waals surface area contributed by atoms with Crippen LogP contribution >= 0.6 is 0 Å². The molecule has 3 saturated carbocycles. The molecule has 0 aromatic carbocycles. The zero-order valence-electron chi connectivity index (χ0n) is 36.8. The Morgan fingerprint density at radius 3 is 1.94 bits per heavy atom. The first kappa shape index (κ1) is 46.2. The molecule has 5 aliphatic heterocycles. The second-order valence-electron chi connectivity index (χ2n) is 21.1. The minimum absolute atomic E-state index is 0.112. The number of aliphatic hydroxyl groups is 9. The van der Waals surface area contributed by atoms with Crippen molar-refractivity contribution in [3.63, 3.8) is 0 Å². The Morgan fingerprint density at radius 1 is 0.677 bits per heavy atom. The van der Waals surface area contributed by atoms with E-state index in [2.05, 4.69) is 33.8 Å². The lowest BCUT2D eigenvalue weighted by atomic mass is 9.45. The van der Waals surface area contributed by atoms with Crippen molar-refractivity contribution in [1.82, 2.24) is 0 Å². The maximum Gasteiger partial charge on any atom is 0.187 e. The third kappa shape index (κ3) is 7.05. The van der Waals surface area contributed by atoms with Crippen LogP contribution in [0.3, 0.4) is 0 Å². The molecule has 0 aromatic rings. The molecule has 9 rings (SSSR count). The summed E-state index contributed by atoms with van der Waals surface area (Å²) >= 11 is 0. The third-order valence-electron chi connectivity index (χ3n) is 17.9. The van der Waals surface area contributed by atoms with Crippen molar-refractivity contribution < 1.29 is 83.9 Å². The lowest BCUT2D eigenvalue weighted by molar-refractivity contribution is -0.387. The summed E-state index contributed by atoms with van der Waals surface area (Å²) in [5, 5.41) is 98.7. The summed E-state index contributed by atoms with van der Waals surface area (Å²) < 4.78 is 49.8. The van der Waals surface area contributed by atoms with Crippen LogP contribution in [0.5, 0.6) is 0 Å². The highest BCUT2D eigenvalue weighted by Gasteiger charge is 2.76. The van der Waals surface area contributed by atoms with Gasteiger partial charge >= 0.3 is 0 Å². The fraction of sp³-hybridized carbons (Fsp3) is 0.956. The van der Waals surface area contributed by atoms with Crippen LogP contribution in [0.1, 0.15) is 99.3 Å². The second-order valence-corrected chi connectivity index (χ2v) is 21.1. The molecule has 0 unspecified atom stereocenters. The summed E-state index contributed by atoms with van der Waals surface area (Å²) in [7, 11) is 0. The van der Waals surface area contributed by atoms with E-state index in [0.29, 0.717) is 36.7 Å². The van der Waals surface area contributed by atoms with E-state index >= 15 is 0 Å². The normalized spacial score (nSPS) is 58.9. The Labute approximate surface area is 363 Å². The van der Waals surface area contributed by atoms with Gasteiger partial charge in [0.2, 0.25) is 0 Å². The number of rotatable bonds is 7. The molecule has 0 radical (unpaired) electrons. The van der Waals surface area contributed by atoms with Gasteiger partial charge in [0, 0.05) is 17.8 Å². The standard InChI is InChI=1S/C45H72O17/c1-19-9-14-44(55-18-19)22(4)45(54)29(62-44)16-27-25-8-7-23-15-24(10-12-42(23,5)26(25)11-13-43(27,45)6)58-41-38(61-40-35(52)33(50)31(48)21(3)57-40)36(53)37(28(17-46)59-41)60-39-34(51)32(49)30(47)20(2)56-39/h15,19-22,24-41,46-54H,7-14,16-18H2,1-6H3/t19-,20+,21+,22-,24+,25-,26+,27+,28-,29+,30+,31+,32-,33-,34-,35-,36+,37-,38-,39+,40+,41-,42+,43+,44-,45-/m1/s1. The minimum Gasteiger partial charge on any atom is -0.394 e. The molecule has 9 N–H and O–H groups in total. The summed E-state index contributed by atoms with van der Waals surface area (Å²) in [6, 6.07) is 0. The van der Waals surface area contributed by atoms with Crippen molar-refractivity contribution in [3.8, 4) is 0 Å². The van der Waals surface area contributed by atoms with Gasteiger partial charge in [-0.3, -0.25) is 0 Å². The predicted molar refractivity (Wildman–Crippen MR) is 214 cm³/mol. The molecule has 5 saturated heterocycles. The van der Waals surface area contributed by atoms with E-state index in [9.17, 15) is 46.0 Å². The molecule has 354 valence electrons. The Kier molecular flexibility index (Phi) is 12.4. The van der Waals surface area contributed by atoms with Gasteiger partial charge in [-0.15, -0.1) is 0 Å². The third-order valence-corrected chi connectivity index (χ3v) is 17.9. The molecule has 5 heterocycles. The number of fused-ring (bicyclic) bond motifs is 7. The first-order chi connectivity index (χ1) is 29.3. The molecule has 26 atom stereocenters. The number of hydrogen-bond acceptors (Lipinski definition) is 17. The summed E-state index contributed by atoms with van der Waals surface area (Å²) in [4.78, 5) is 0. The van der Waals surface area contributed by atoms with Crippen LogP contribution in [0.4, 0.5) is 0 Å². The van der Waals surface area contributed by atoms with Crippen LogP contribution in [0.25, 0.3) is 0 Å². The predicted octanol–water partition coefficient (Wildman–Crippen LogP) is 0.357. The summed E-state index contributed by atoms with van der Waals surface area (Å²) in [6.45, 7) is 12.0. The number of aliphatic hydroxyl groups excluding tert-OH is 8. The number of ether oxygens (including phenoxy) is 8. The Hall–Kier alpha value is -0.940. The van der Waals surface area contributed by atoms with Gasteiger partial charge in [0.05, 0.1) is 37.6 Å². The molecular weight excluding hydrogens is 812 g/mol. The van der Waals surface area contributed by atoms with E-state index in [-0.39, 0.29) is 22.9 Å². The van der Waals surface area contributed by atoms with E-state index in [1.807, 2.05) is 0 Å². The number of hydrogen-bond donors (Lipinski definition) is 9. The van der Waals surface area contributed by atoms with Crippen molar-refractivity contribution in [2.75, 3.05) is 13.2 Å². The Balaban J connectivity index is 0.931. The summed E-state index contributed by atoms with van der Waals surface area (Å²) in [5.41, 5.74) is -0.0920. The highest BCUT2D eigenvalue weighted by molar-refractivity contribution is 5.29. The summed E-state index contributed by atoms with van der Waals surface area (Å²) in [6.07, 6.45) is -12.6. The fourth-order valence-electron chi connectivity index (χ4n) is 13.9. The number of allylic oxidation sites excluding steroid dienone is 1. The molecular formula is C45H72O17. The molecule has 62 heavy (non-hydrogen) atoms. The van der Waals surface area contributed by atoms with E-state index < -0.39 is 116 Å². The average molecular weight is 885 g/mol. The van der Waals surface area contributed by atoms with Crippen molar-refractivity contribution in [1.29, 1.82) is 0 Å². The molecule has 1 spiro atoms. The first-order valence-electron chi connectivity index (χ1n) is 23.3. The lowest BCUT2D eigenvalue weighted by Crippen LogP contribution is -2.66. The van der Waals surface area contributed by atoms with Crippen LogP contribution in [0.2, 0.25) is 0 Å². The monoisotopic (exact) mass is 884 g/mol. The molecule has 9 aliphatic rings. The topological polar surface area (TPSA) is 256 Å². The van der Waals surface area contributed by atoms with Gasteiger partial charge < -0.3 is 83.9 Å². The van der Waals surface area contributed by atoms with Crippen molar-refractivity contribution in [2.45, 2.75) is 215 Å². The molecule has 8 fully saturated rings. The molecule has 0 bridgehead atoms. The molecule has 17 heteroatoms. The van der Waals surface area contributed by atoms with Crippen LogP contribution in [-0.4, -0.2) is 175 Å². The minimum atomic E-state index is -1.73. The SMILES string of the molecule is C[C@@H]1CC[C@@]2(OC1)O[C@H]1C[C@H]3[C@@H]4CCC5=C[C@@H](O[C@@H]6O[C@H](CO)[C@@H](O[C@@H]7O[C@@H](C)[C@H](O)[C@@H](O)[C@H]7O)[C@H](O)[C@H]6O[C@@H]6O[C@@H](C)[C@H](O)[C@@H](O)[C@H]6O)CC[C@]5(C)[C@H]4CC[C@]3(C)[C@@]1(O)[C@@H]2C. The molecule has 17 nitrogen and oxygen atoms in total. The maximum absolute atomic E-state index is 12.8. The fourth-order valence-corrected chi connectivity index (χ4v) is 13.9. The van der Waals surface area contributed by atoms with Gasteiger partial charge in [-0.1, -0.05) is 39.3 Å². The van der Waals surface area contributed by atoms with Gasteiger partial charge in [0.15, 0.2) is 24.7 Å². The maximum atomic E-state index is 12.8. The zero-order valence-corrected chi connectivity index (χ0v) is 36.8. The molecule has 0 amide bonds. The Bertz CT molecular complexity index is 1640. The average Bonchev–Trinajstić information content (AvgIpc) is 3.60. The van der Waals surface area contributed by atoms with Crippen molar-refractivity contribution in [3.05, 3.63) is 11.6 Å². The van der Waals surface area contributed by atoms with Crippen LogP contribution in [-0.2, 0) is 37.9 Å².